The number of H-pyrrole nitrogens is 2. The molecule has 0 radical (unpaired) electrons. The van der Waals surface area contributed by atoms with Crippen LogP contribution in [-0.4, -0.2) is 36.9 Å². The molecule has 0 saturated heterocycles. The van der Waals surface area contributed by atoms with Crippen molar-refractivity contribution in [2.75, 3.05) is 13.3 Å². The topological polar surface area (TPSA) is 112 Å². The molecule has 0 aliphatic rings. The Kier molecular flexibility index (Phi) is 4.02. The van der Waals surface area contributed by atoms with Crippen molar-refractivity contribution in [2.45, 2.75) is 18.2 Å². The Morgan fingerprint density at radius 1 is 1.10 bits per heavy atom. The van der Waals surface area contributed by atoms with Crippen LogP contribution < -0.4 is 16.4 Å². The highest BCUT2D eigenvalue weighted by Gasteiger charge is 2.26. The summed E-state index contributed by atoms with van der Waals surface area (Å²) in [5, 5.41) is 2.34. The van der Waals surface area contributed by atoms with Crippen LogP contribution in [0.5, 0.6) is 0 Å². The molecule has 3 N–H and O–H groups in total. The van der Waals surface area contributed by atoms with Crippen LogP contribution in [0.4, 0.5) is 0 Å². The van der Waals surface area contributed by atoms with Crippen molar-refractivity contribution in [2.24, 2.45) is 0 Å². The van der Waals surface area contributed by atoms with Gasteiger partial charge in [0.2, 0.25) is 0 Å². The van der Waals surface area contributed by atoms with E-state index in [0.717, 1.165) is 0 Å². The molecule has 2 aromatic rings. The van der Waals surface area contributed by atoms with Gasteiger partial charge < -0.3 is 15.3 Å². The van der Waals surface area contributed by atoms with Gasteiger partial charge in [0.25, 0.3) is 0 Å². The molecule has 8 heteroatoms. The molecule has 0 bridgehead atoms. The number of hydrogen-bond donors (Lipinski definition) is 3. The van der Waals surface area contributed by atoms with Crippen molar-refractivity contribution >= 4 is 20.9 Å². The Hall–Kier alpha value is -1.93. The second-order valence-electron chi connectivity index (χ2n) is 5.01. The SMILES string of the molecule is CNC(c1ccc2[nH]c(=O)c(=O)[nH]c2c1)C(C)S(C)(=O)=O. The van der Waals surface area contributed by atoms with Crippen molar-refractivity contribution in [3.05, 3.63) is 44.5 Å². The molecule has 1 heterocycles. The summed E-state index contributed by atoms with van der Waals surface area (Å²) in [7, 11) is -1.55. The third-order valence-corrected chi connectivity index (χ3v) is 5.18. The van der Waals surface area contributed by atoms with Gasteiger partial charge in [0.05, 0.1) is 16.3 Å². The minimum absolute atomic E-state index is 0.417. The predicted molar refractivity (Wildman–Crippen MR) is 81.3 cm³/mol. The molecule has 7 nitrogen and oxygen atoms in total. The maximum absolute atomic E-state index is 11.7. The van der Waals surface area contributed by atoms with Gasteiger partial charge in [-0.05, 0) is 31.7 Å². The lowest BCUT2D eigenvalue weighted by molar-refractivity contribution is 0.535. The number of hydrogen-bond acceptors (Lipinski definition) is 5. The van der Waals surface area contributed by atoms with Gasteiger partial charge in [0.15, 0.2) is 9.84 Å². The van der Waals surface area contributed by atoms with Crippen LogP contribution in [0.2, 0.25) is 0 Å². The molecule has 2 atom stereocenters. The van der Waals surface area contributed by atoms with Gasteiger partial charge in [-0.3, -0.25) is 9.59 Å². The lowest BCUT2D eigenvalue weighted by Crippen LogP contribution is -2.33. The molecule has 0 amide bonds. The summed E-state index contributed by atoms with van der Waals surface area (Å²) < 4.78 is 23.4. The van der Waals surface area contributed by atoms with Gasteiger partial charge in [-0.15, -0.1) is 0 Å². The van der Waals surface area contributed by atoms with Crippen LogP contribution in [0.15, 0.2) is 27.8 Å². The van der Waals surface area contributed by atoms with E-state index < -0.39 is 32.2 Å². The van der Waals surface area contributed by atoms with Crippen LogP contribution >= 0.6 is 0 Å². The Labute approximate surface area is 121 Å². The first kappa shape index (κ1) is 15.5. The van der Waals surface area contributed by atoms with Crippen molar-refractivity contribution in [1.29, 1.82) is 0 Å². The second-order valence-corrected chi connectivity index (χ2v) is 7.42. The summed E-state index contributed by atoms with van der Waals surface area (Å²) in [6.07, 6.45) is 1.18. The quantitative estimate of drug-likeness (QED) is 0.683. The highest BCUT2D eigenvalue weighted by atomic mass is 32.2. The van der Waals surface area contributed by atoms with E-state index in [1.165, 1.54) is 6.26 Å². The van der Waals surface area contributed by atoms with Crippen molar-refractivity contribution < 1.29 is 8.42 Å². The van der Waals surface area contributed by atoms with E-state index in [9.17, 15) is 18.0 Å². The zero-order chi connectivity index (χ0) is 15.8. The third-order valence-electron chi connectivity index (χ3n) is 3.56. The molecule has 114 valence electrons. The number of rotatable bonds is 4. The fourth-order valence-corrected chi connectivity index (χ4v) is 3.03. The molecule has 21 heavy (non-hydrogen) atoms. The maximum Gasteiger partial charge on any atom is 0.314 e. The van der Waals surface area contributed by atoms with Crippen LogP contribution in [0, 0.1) is 0 Å². The van der Waals surface area contributed by atoms with E-state index >= 15 is 0 Å². The van der Waals surface area contributed by atoms with Crippen LogP contribution in [0.25, 0.3) is 11.0 Å². The van der Waals surface area contributed by atoms with Gasteiger partial charge in [-0.25, -0.2) is 8.42 Å². The normalized spacial score (nSPS) is 15.0. The van der Waals surface area contributed by atoms with Gasteiger partial charge in [-0.1, -0.05) is 6.07 Å². The minimum atomic E-state index is -3.22. The monoisotopic (exact) mass is 311 g/mol. The lowest BCUT2D eigenvalue weighted by atomic mass is 10.0. The first-order valence-corrected chi connectivity index (χ1v) is 8.32. The molecule has 1 aromatic carbocycles. The number of aromatic nitrogens is 2. The average molecular weight is 311 g/mol. The fourth-order valence-electron chi connectivity index (χ4n) is 2.25. The van der Waals surface area contributed by atoms with E-state index in [4.69, 9.17) is 0 Å². The van der Waals surface area contributed by atoms with E-state index in [1.54, 1.807) is 32.2 Å². The van der Waals surface area contributed by atoms with Crippen molar-refractivity contribution in [3.63, 3.8) is 0 Å². The molecular weight excluding hydrogens is 294 g/mol. The first-order valence-electron chi connectivity index (χ1n) is 6.36. The second kappa shape index (κ2) is 5.45. The Balaban J connectivity index is 2.58. The molecule has 0 fully saturated rings. The molecule has 0 aliphatic heterocycles. The van der Waals surface area contributed by atoms with E-state index in [-0.39, 0.29) is 0 Å². The summed E-state index contributed by atoms with van der Waals surface area (Å²) in [6.45, 7) is 1.62. The Bertz CT molecular complexity index is 882. The minimum Gasteiger partial charge on any atom is -0.316 e. The lowest BCUT2D eigenvalue weighted by Gasteiger charge is -2.22. The van der Waals surface area contributed by atoms with Crippen molar-refractivity contribution in [1.82, 2.24) is 15.3 Å². The molecule has 0 spiro atoms. The number of nitrogens with one attached hydrogen (secondary N) is 3. The number of aromatic amines is 2. The Morgan fingerprint density at radius 2 is 1.67 bits per heavy atom. The number of fused-ring (bicyclic) bond motifs is 1. The summed E-state index contributed by atoms with van der Waals surface area (Å²) in [5.41, 5.74) is 0.204. The predicted octanol–water partition coefficient (Wildman–Crippen LogP) is -0.0900. The standard InChI is InChI=1S/C13H17N3O4S/c1-7(21(3,19)20)11(14-2)8-4-5-9-10(6-8)16-13(18)12(17)15-9/h4-7,11,14H,1-3H3,(H,15,17)(H,16,18). The molecule has 0 saturated carbocycles. The van der Waals surface area contributed by atoms with E-state index in [1.807, 2.05) is 0 Å². The molecule has 2 rings (SSSR count). The number of sulfone groups is 1. The van der Waals surface area contributed by atoms with Gasteiger partial charge in [0.1, 0.15) is 0 Å². The van der Waals surface area contributed by atoms with Crippen LogP contribution in [0.3, 0.4) is 0 Å². The summed E-state index contributed by atoms with van der Waals surface area (Å²) in [4.78, 5) is 27.6. The molecule has 1 aromatic heterocycles. The summed E-state index contributed by atoms with van der Waals surface area (Å²) >= 11 is 0. The zero-order valence-electron chi connectivity index (χ0n) is 11.9. The maximum atomic E-state index is 11.7. The molecule has 2 unspecified atom stereocenters. The highest BCUT2D eigenvalue weighted by Crippen LogP contribution is 2.23. The van der Waals surface area contributed by atoms with Gasteiger partial charge >= 0.3 is 11.1 Å². The summed E-state index contributed by atoms with van der Waals surface area (Å²) in [5.74, 6) is 0. The number of benzene rings is 1. The smallest absolute Gasteiger partial charge is 0.314 e. The summed E-state index contributed by atoms with van der Waals surface area (Å²) in [6, 6.07) is 4.61. The highest BCUT2D eigenvalue weighted by molar-refractivity contribution is 7.91. The van der Waals surface area contributed by atoms with Crippen LogP contribution in [-0.2, 0) is 9.84 Å². The molecular formula is C13H17N3O4S. The van der Waals surface area contributed by atoms with Crippen LogP contribution in [0.1, 0.15) is 18.5 Å². The fraction of sp³-hybridized carbons (Fsp3) is 0.385. The van der Waals surface area contributed by atoms with Gasteiger partial charge in [0, 0.05) is 12.3 Å². The Morgan fingerprint density at radius 3 is 2.19 bits per heavy atom. The van der Waals surface area contributed by atoms with E-state index in [2.05, 4.69) is 15.3 Å². The first-order chi connectivity index (χ1) is 9.74. The zero-order valence-corrected chi connectivity index (χ0v) is 12.7. The van der Waals surface area contributed by atoms with E-state index in [0.29, 0.717) is 16.6 Å². The largest absolute Gasteiger partial charge is 0.316 e. The van der Waals surface area contributed by atoms with Crippen molar-refractivity contribution in [3.8, 4) is 0 Å². The molecule has 0 aliphatic carbocycles. The third kappa shape index (κ3) is 3.06. The average Bonchev–Trinajstić information content (AvgIpc) is 2.40. The van der Waals surface area contributed by atoms with Gasteiger partial charge in [-0.2, -0.15) is 0 Å².